The number of carbonyl (C=O) groups excluding carboxylic acids is 2. The van der Waals surface area contributed by atoms with E-state index >= 15 is 0 Å². The van der Waals surface area contributed by atoms with Crippen molar-refractivity contribution in [3.8, 4) is 0 Å². The first-order chi connectivity index (χ1) is 13.9. The lowest BCUT2D eigenvalue weighted by Crippen LogP contribution is -2.50. The number of hydrogen-bond acceptors (Lipinski definition) is 5. The molecule has 1 heterocycles. The standard InChI is InChI=1S/C22H25FN2O3S/c1-16-7-9-18(10-8-16)29-17(2)22(27)28-15-21(26)25-13-11-24(12-14-25)20-6-4-3-5-19(20)23/h3-10,17H,11-15H2,1-2H3/t17-/m0/s1. The summed E-state index contributed by atoms with van der Waals surface area (Å²) in [7, 11) is 0. The van der Waals surface area contributed by atoms with Gasteiger partial charge in [0, 0.05) is 31.1 Å². The van der Waals surface area contributed by atoms with Crippen LogP contribution in [-0.2, 0) is 14.3 Å². The van der Waals surface area contributed by atoms with Gasteiger partial charge in [-0.2, -0.15) is 0 Å². The SMILES string of the molecule is Cc1ccc(S[C@@H](C)C(=O)OCC(=O)N2CCN(c3ccccc3F)CC2)cc1. The van der Waals surface area contributed by atoms with Gasteiger partial charge in [0.2, 0.25) is 0 Å². The Kier molecular flexibility index (Phi) is 7.14. The number of benzene rings is 2. The van der Waals surface area contributed by atoms with Crippen molar-refractivity contribution in [1.29, 1.82) is 0 Å². The van der Waals surface area contributed by atoms with E-state index in [-0.39, 0.29) is 18.3 Å². The molecule has 154 valence electrons. The Morgan fingerprint density at radius 2 is 1.72 bits per heavy atom. The van der Waals surface area contributed by atoms with Crippen LogP contribution in [-0.4, -0.2) is 54.8 Å². The Labute approximate surface area is 174 Å². The normalized spacial score (nSPS) is 15.1. The highest BCUT2D eigenvalue weighted by Gasteiger charge is 2.24. The number of thioether (sulfide) groups is 1. The molecule has 1 atom stereocenters. The number of carbonyl (C=O) groups is 2. The van der Waals surface area contributed by atoms with Gasteiger partial charge in [0.05, 0.1) is 5.69 Å². The van der Waals surface area contributed by atoms with Crippen molar-refractivity contribution < 1.29 is 18.7 Å². The van der Waals surface area contributed by atoms with Gasteiger partial charge in [-0.25, -0.2) is 4.39 Å². The largest absolute Gasteiger partial charge is 0.455 e. The lowest BCUT2D eigenvalue weighted by molar-refractivity contribution is -0.151. The minimum absolute atomic E-state index is 0.223. The Bertz CT molecular complexity index is 851. The van der Waals surface area contributed by atoms with Crippen LogP contribution in [0.5, 0.6) is 0 Å². The van der Waals surface area contributed by atoms with Gasteiger partial charge in [-0.1, -0.05) is 29.8 Å². The van der Waals surface area contributed by atoms with Gasteiger partial charge in [-0.05, 0) is 38.1 Å². The summed E-state index contributed by atoms with van der Waals surface area (Å²) in [4.78, 5) is 29.2. The summed E-state index contributed by atoms with van der Waals surface area (Å²) in [6.07, 6.45) is 0. The molecule has 1 aliphatic rings. The van der Waals surface area contributed by atoms with Crippen molar-refractivity contribution in [2.45, 2.75) is 24.0 Å². The molecule has 1 amide bonds. The maximum Gasteiger partial charge on any atom is 0.319 e. The zero-order valence-corrected chi connectivity index (χ0v) is 17.5. The fourth-order valence-electron chi connectivity index (χ4n) is 3.12. The molecule has 0 unspecified atom stereocenters. The zero-order chi connectivity index (χ0) is 20.8. The molecule has 0 radical (unpaired) electrons. The molecule has 0 N–H and O–H groups in total. The van der Waals surface area contributed by atoms with Crippen LogP contribution in [0, 0.1) is 12.7 Å². The van der Waals surface area contributed by atoms with E-state index in [1.54, 1.807) is 30.0 Å². The summed E-state index contributed by atoms with van der Waals surface area (Å²) in [5.41, 5.74) is 1.71. The molecule has 1 fully saturated rings. The number of nitrogens with zero attached hydrogens (tertiary/aromatic N) is 2. The Balaban J connectivity index is 1.43. The van der Waals surface area contributed by atoms with E-state index in [0.29, 0.717) is 31.9 Å². The third-order valence-electron chi connectivity index (χ3n) is 4.83. The lowest BCUT2D eigenvalue weighted by Gasteiger charge is -2.36. The summed E-state index contributed by atoms with van der Waals surface area (Å²) in [6.45, 7) is 5.53. The van der Waals surface area contributed by atoms with E-state index in [0.717, 1.165) is 10.5 Å². The molecule has 5 nitrogen and oxygen atoms in total. The molecule has 1 aliphatic heterocycles. The summed E-state index contributed by atoms with van der Waals surface area (Å²) in [5, 5.41) is -0.400. The number of amides is 1. The number of para-hydroxylation sites is 1. The van der Waals surface area contributed by atoms with Gasteiger partial charge in [-0.15, -0.1) is 11.8 Å². The van der Waals surface area contributed by atoms with E-state index in [2.05, 4.69) is 0 Å². The van der Waals surface area contributed by atoms with Gasteiger partial charge >= 0.3 is 5.97 Å². The molecule has 2 aromatic carbocycles. The smallest absolute Gasteiger partial charge is 0.319 e. The second-order valence-corrected chi connectivity index (χ2v) is 8.41. The predicted molar refractivity (Wildman–Crippen MR) is 113 cm³/mol. The molecule has 29 heavy (non-hydrogen) atoms. The van der Waals surface area contributed by atoms with Crippen molar-refractivity contribution in [3.63, 3.8) is 0 Å². The van der Waals surface area contributed by atoms with Crippen LogP contribution in [0.4, 0.5) is 10.1 Å². The average Bonchev–Trinajstić information content (AvgIpc) is 2.74. The maximum absolute atomic E-state index is 13.9. The average molecular weight is 417 g/mol. The van der Waals surface area contributed by atoms with Crippen molar-refractivity contribution in [3.05, 3.63) is 59.9 Å². The minimum Gasteiger partial charge on any atom is -0.455 e. The van der Waals surface area contributed by atoms with Crippen LogP contribution in [0.1, 0.15) is 12.5 Å². The lowest BCUT2D eigenvalue weighted by atomic mass is 10.2. The van der Waals surface area contributed by atoms with E-state index in [9.17, 15) is 14.0 Å². The minimum atomic E-state index is -0.408. The number of rotatable bonds is 6. The number of halogens is 1. The number of hydrogen-bond donors (Lipinski definition) is 0. The Morgan fingerprint density at radius 3 is 2.38 bits per heavy atom. The van der Waals surface area contributed by atoms with Crippen LogP contribution in [0.15, 0.2) is 53.4 Å². The molecule has 0 aromatic heterocycles. The molecule has 0 spiro atoms. The highest BCUT2D eigenvalue weighted by atomic mass is 32.2. The van der Waals surface area contributed by atoms with Crippen LogP contribution >= 0.6 is 11.8 Å². The van der Waals surface area contributed by atoms with Crippen molar-refractivity contribution in [2.24, 2.45) is 0 Å². The molecule has 1 saturated heterocycles. The van der Waals surface area contributed by atoms with Gasteiger partial charge in [0.1, 0.15) is 11.1 Å². The first-order valence-electron chi connectivity index (χ1n) is 9.61. The van der Waals surface area contributed by atoms with E-state index in [4.69, 9.17) is 4.74 Å². The summed E-state index contributed by atoms with van der Waals surface area (Å²) in [6, 6.07) is 14.5. The van der Waals surface area contributed by atoms with Crippen LogP contribution in [0.3, 0.4) is 0 Å². The molecule has 0 bridgehead atoms. The highest BCUT2D eigenvalue weighted by molar-refractivity contribution is 8.00. The first kappa shape index (κ1) is 21.2. The maximum atomic E-state index is 13.9. The van der Waals surface area contributed by atoms with Gasteiger partial charge in [0.25, 0.3) is 5.91 Å². The number of piperazine rings is 1. The number of aryl methyl sites for hydroxylation is 1. The van der Waals surface area contributed by atoms with Crippen molar-refractivity contribution >= 4 is 29.3 Å². The van der Waals surface area contributed by atoms with Gasteiger partial charge in [0.15, 0.2) is 6.61 Å². The molecular weight excluding hydrogens is 391 g/mol. The van der Waals surface area contributed by atoms with Crippen molar-refractivity contribution in [2.75, 3.05) is 37.7 Å². The number of esters is 1. The fraction of sp³-hybridized carbons (Fsp3) is 0.364. The van der Waals surface area contributed by atoms with Gasteiger partial charge < -0.3 is 14.5 Å². The van der Waals surface area contributed by atoms with E-state index in [1.807, 2.05) is 36.1 Å². The van der Waals surface area contributed by atoms with E-state index < -0.39 is 11.2 Å². The number of ether oxygens (including phenoxy) is 1. The first-order valence-corrected chi connectivity index (χ1v) is 10.5. The molecule has 2 aromatic rings. The quantitative estimate of drug-likeness (QED) is 0.533. The fourth-order valence-corrected chi connectivity index (χ4v) is 3.98. The molecule has 0 aliphatic carbocycles. The molecule has 7 heteroatoms. The molecule has 3 rings (SSSR count). The Morgan fingerprint density at radius 1 is 1.07 bits per heavy atom. The Hall–Kier alpha value is -2.54. The molecular formula is C22H25FN2O3S. The predicted octanol–water partition coefficient (Wildman–Crippen LogP) is 3.51. The van der Waals surface area contributed by atoms with Crippen LogP contribution in [0.25, 0.3) is 0 Å². The second kappa shape index (κ2) is 9.78. The second-order valence-electron chi connectivity index (χ2n) is 7.00. The summed E-state index contributed by atoms with van der Waals surface area (Å²) < 4.78 is 19.1. The van der Waals surface area contributed by atoms with Gasteiger partial charge in [-0.3, -0.25) is 9.59 Å². The third kappa shape index (κ3) is 5.73. The third-order valence-corrected chi connectivity index (χ3v) is 5.92. The van der Waals surface area contributed by atoms with Crippen LogP contribution < -0.4 is 4.90 Å². The van der Waals surface area contributed by atoms with E-state index in [1.165, 1.54) is 17.8 Å². The highest BCUT2D eigenvalue weighted by Crippen LogP contribution is 2.24. The topological polar surface area (TPSA) is 49.9 Å². The van der Waals surface area contributed by atoms with Crippen LogP contribution in [0.2, 0.25) is 0 Å². The summed E-state index contributed by atoms with van der Waals surface area (Å²) in [5.74, 6) is -0.894. The number of anilines is 1. The molecule has 0 saturated carbocycles. The van der Waals surface area contributed by atoms with Crippen molar-refractivity contribution in [1.82, 2.24) is 4.90 Å². The zero-order valence-electron chi connectivity index (χ0n) is 16.6. The monoisotopic (exact) mass is 416 g/mol. The summed E-state index contributed by atoms with van der Waals surface area (Å²) >= 11 is 1.41.